The number of hydrogen-bond acceptors (Lipinski definition) is 2. The second-order valence-electron chi connectivity index (χ2n) is 7.77. The highest BCUT2D eigenvalue weighted by molar-refractivity contribution is 6.93. The first kappa shape index (κ1) is 18.9. The number of phenolic OH excluding ortho intramolecular Hbond substituents is 1. The van der Waals surface area contributed by atoms with E-state index in [-0.39, 0.29) is 23.6 Å². The highest BCUT2D eigenvalue weighted by Crippen LogP contribution is 2.39. The molecule has 1 aromatic carbocycles. The second kappa shape index (κ2) is 6.95. The van der Waals surface area contributed by atoms with Crippen LogP contribution in [0.4, 0.5) is 0 Å². The lowest BCUT2D eigenvalue weighted by Gasteiger charge is -2.28. The first-order valence-electron chi connectivity index (χ1n) is 7.66. The molecular formula is C17H27BClNO2. The molecule has 0 spiro atoms. The molecule has 0 heterocycles. The van der Waals surface area contributed by atoms with Crippen molar-refractivity contribution in [3.8, 4) is 5.75 Å². The van der Waals surface area contributed by atoms with E-state index < -0.39 is 0 Å². The summed E-state index contributed by atoms with van der Waals surface area (Å²) in [6.07, 6.45) is 1.03. The van der Waals surface area contributed by atoms with Crippen LogP contribution in [0.25, 0.3) is 0 Å². The molecule has 0 fully saturated rings. The zero-order chi connectivity index (χ0) is 17.1. The number of phenols is 1. The topological polar surface area (TPSA) is 49.3 Å². The minimum atomic E-state index is -0.154. The number of aromatic hydroxyl groups is 1. The first-order chi connectivity index (χ1) is 9.96. The summed E-state index contributed by atoms with van der Waals surface area (Å²) >= 11 is 5.50. The van der Waals surface area contributed by atoms with Crippen LogP contribution in [0.1, 0.15) is 64.7 Å². The van der Waals surface area contributed by atoms with Gasteiger partial charge in [-0.3, -0.25) is 4.79 Å². The van der Waals surface area contributed by atoms with Gasteiger partial charge in [-0.25, -0.2) is 0 Å². The number of halogens is 1. The summed E-state index contributed by atoms with van der Waals surface area (Å²) in [6, 6.07) is 4.02. The molecule has 0 radical (unpaired) electrons. The van der Waals surface area contributed by atoms with E-state index in [1.165, 1.54) is 0 Å². The van der Waals surface area contributed by atoms with E-state index in [4.69, 9.17) is 11.5 Å². The van der Waals surface area contributed by atoms with Gasteiger partial charge in [0.15, 0.2) is 0 Å². The van der Waals surface area contributed by atoms with Crippen LogP contribution in [0.5, 0.6) is 5.75 Å². The summed E-state index contributed by atoms with van der Waals surface area (Å²) in [7, 11) is 0. The molecule has 0 unspecified atom stereocenters. The summed E-state index contributed by atoms with van der Waals surface area (Å²) in [5.74, 6) is 0.312. The number of amides is 1. The lowest BCUT2D eigenvalue weighted by molar-refractivity contribution is -0.119. The molecule has 0 aliphatic carbocycles. The summed E-state index contributed by atoms with van der Waals surface area (Å²) in [5, 5.41) is 13.2. The van der Waals surface area contributed by atoms with Crippen molar-refractivity contribution in [1.82, 2.24) is 5.23 Å². The monoisotopic (exact) mass is 323 g/mol. The maximum atomic E-state index is 11.6. The molecule has 3 nitrogen and oxygen atoms in total. The third kappa shape index (κ3) is 4.94. The number of carbonyl (C=O) groups excluding carboxylic acids is 1. The Morgan fingerprint density at radius 2 is 1.59 bits per heavy atom. The van der Waals surface area contributed by atoms with Crippen molar-refractivity contribution in [3.63, 3.8) is 0 Å². The Bertz CT molecular complexity index is 510. The molecule has 0 aromatic heterocycles. The third-order valence-electron chi connectivity index (χ3n) is 3.69. The third-order valence-corrected chi connectivity index (χ3v) is 3.82. The molecule has 0 aliphatic heterocycles. The van der Waals surface area contributed by atoms with Gasteiger partial charge in [0.05, 0.1) is 0 Å². The second-order valence-corrected chi connectivity index (χ2v) is 8.04. The predicted molar refractivity (Wildman–Crippen MR) is 95.0 cm³/mol. The molecule has 122 valence electrons. The highest BCUT2D eigenvalue weighted by Gasteiger charge is 2.26. The number of aryl methyl sites for hydroxylation is 1. The SMILES string of the molecule is CC(C)(C)c1cc(CCC(=O)NBCl)cc(C(C)(C)C)c1O. The van der Waals surface area contributed by atoms with Gasteiger partial charge in [-0.2, -0.15) is 11.5 Å². The van der Waals surface area contributed by atoms with Crippen molar-refractivity contribution in [3.05, 3.63) is 28.8 Å². The summed E-state index contributed by atoms with van der Waals surface area (Å²) in [4.78, 5) is 11.6. The van der Waals surface area contributed by atoms with Crippen molar-refractivity contribution < 1.29 is 9.90 Å². The summed E-state index contributed by atoms with van der Waals surface area (Å²) in [6.45, 7) is 12.6. The van der Waals surface area contributed by atoms with E-state index in [0.29, 0.717) is 18.6 Å². The van der Waals surface area contributed by atoms with Crippen LogP contribution in [-0.2, 0) is 22.0 Å². The van der Waals surface area contributed by atoms with Gasteiger partial charge in [-0.05, 0) is 33.9 Å². The Balaban J connectivity index is 3.21. The van der Waals surface area contributed by atoms with Crippen molar-refractivity contribution in [1.29, 1.82) is 0 Å². The van der Waals surface area contributed by atoms with E-state index in [1.54, 1.807) is 0 Å². The van der Waals surface area contributed by atoms with Crippen LogP contribution in [0.3, 0.4) is 0 Å². The number of rotatable bonds is 4. The largest absolute Gasteiger partial charge is 0.507 e. The summed E-state index contributed by atoms with van der Waals surface area (Å²) < 4.78 is 0. The molecule has 5 heteroatoms. The Labute approximate surface area is 139 Å². The number of carbonyl (C=O) groups is 1. The average molecular weight is 324 g/mol. The molecule has 0 saturated heterocycles. The predicted octanol–water partition coefficient (Wildman–Crippen LogP) is 3.54. The Kier molecular flexibility index (Phi) is 5.97. The zero-order valence-electron chi connectivity index (χ0n) is 14.5. The molecule has 1 amide bonds. The van der Waals surface area contributed by atoms with Crippen molar-refractivity contribution in [2.75, 3.05) is 0 Å². The highest BCUT2D eigenvalue weighted by atomic mass is 35.5. The average Bonchev–Trinajstić information content (AvgIpc) is 2.35. The van der Waals surface area contributed by atoms with E-state index >= 15 is 0 Å². The van der Waals surface area contributed by atoms with Gasteiger partial charge in [0.1, 0.15) is 5.75 Å². The van der Waals surface area contributed by atoms with Crippen LogP contribution < -0.4 is 5.23 Å². The standard InChI is InChI=1S/C17H27BClNO2/c1-16(2,3)12-9-11(7-8-14(21)20-18-19)10-13(15(12)22)17(4,5)6/h9-10,18,22H,7-8H2,1-6H3,(H,20,21). The van der Waals surface area contributed by atoms with Crippen LogP contribution in [0.15, 0.2) is 12.1 Å². The van der Waals surface area contributed by atoms with Crippen molar-refractivity contribution in [2.45, 2.75) is 65.2 Å². The molecule has 0 bridgehead atoms. The van der Waals surface area contributed by atoms with Crippen LogP contribution >= 0.6 is 11.5 Å². The molecule has 0 atom stereocenters. The first-order valence-corrected chi connectivity index (χ1v) is 8.19. The molecule has 1 aromatic rings. The van der Waals surface area contributed by atoms with Gasteiger partial charge >= 0.3 is 6.83 Å². The Morgan fingerprint density at radius 3 is 1.95 bits per heavy atom. The summed E-state index contributed by atoms with van der Waals surface area (Å²) in [5.41, 5.74) is 2.61. The minimum absolute atomic E-state index is 0.0577. The maximum Gasteiger partial charge on any atom is 0.343 e. The van der Waals surface area contributed by atoms with E-state index in [9.17, 15) is 9.90 Å². The van der Waals surface area contributed by atoms with Crippen LogP contribution in [-0.4, -0.2) is 17.8 Å². The number of benzene rings is 1. The van der Waals surface area contributed by atoms with Gasteiger partial charge in [-0.15, -0.1) is 0 Å². The lowest BCUT2D eigenvalue weighted by atomic mass is 9.78. The van der Waals surface area contributed by atoms with Gasteiger partial charge in [0.2, 0.25) is 5.91 Å². The van der Waals surface area contributed by atoms with E-state index in [1.807, 2.05) is 12.1 Å². The quantitative estimate of drug-likeness (QED) is 0.833. The van der Waals surface area contributed by atoms with Gasteiger partial charge in [0, 0.05) is 6.42 Å². The molecule has 22 heavy (non-hydrogen) atoms. The molecule has 0 saturated carbocycles. The fourth-order valence-electron chi connectivity index (χ4n) is 2.40. The fraction of sp³-hybridized carbons (Fsp3) is 0.588. The van der Waals surface area contributed by atoms with Crippen molar-refractivity contribution >= 4 is 24.2 Å². The molecule has 1 rings (SSSR count). The van der Waals surface area contributed by atoms with E-state index in [0.717, 1.165) is 16.7 Å². The minimum Gasteiger partial charge on any atom is -0.507 e. The lowest BCUT2D eigenvalue weighted by Crippen LogP contribution is -2.24. The smallest absolute Gasteiger partial charge is 0.343 e. The Hall–Kier alpha value is -1.16. The maximum absolute atomic E-state index is 11.6. The molecular weight excluding hydrogens is 296 g/mol. The number of hydrogen-bond donors (Lipinski definition) is 2. The van der Waals surface area contributed by atoms with Gasteiger partial charge in [0.25, 0.3) is 0 Å². The number of nitrogens with one attached hydrogen (secondary N) is 1. The van der Waals surface area contributed by atoms with E-state index in [2.05, 4.69) is 46.8 Å². The van der Waals surface area contributed by atoms with Crippen LogP contribution in [0, 0.1) is 0 Å². The van der Waals surface area contributed by atoms with Gasteiger partial charge in [-0.1, -0.05) is 53.7 Å². The molecule has 2 N–H and O–H groups in total. The van der Waals surface area contributed by atoms with Crippen LogP contribution in [0.2, 0.25) is 0 Å². The fourth-order valence-corrected chi connectivity index (χ4v) is 2.55. The molecule has 0 aliphatic rings. The zero-order valence-corrected chi connectivity index (χ0v) is 15.3. The van der Waals surface area contributed by atoms with Gasteiger partial charge < -0.3 is 10.3 Å². The Morgan fingerprint density at radius 1 is 1.14 bits per heavy atom. The normalized spacial score (nSPS) is 12.1. The van der Waals surface area contributed by atoms with Crippen molar-refractivity contribution in [2.24, 2.45) is 0 Å².